The van der Waals surface area contributed by atoms with Crippen LogP contribution in [0.1, 0.15) is 15.9 Å². The van der Waals surface area contributed by atoms with Crippen LogP contribution in [0.25, 0.3) is 11.0 Å². The molecule has 0 unspecified atom stereocenters. The maximum atomic E-state index is 10.7. The molecule has 0 saturated heterocycles. The van der Waals surface area contributed by atoms with E-state index in [1.165, 1.54) is 0 Å². The monoisotopic (exact) mass is 194 g/mol. The Hall–Kier alpha value is -1.28. The van der Waals surface area contributed by atoms with Crippen molar-refractivity contribution >= 4 is 28.9 Å². The molecule has 0 radical (unpaired) electrons. The van der Waals surface area contributed by atoms with E-state index in [0.717, 1.165) is 10.9 Å². The summed E-state index contributed by atoms with van der Waals surface area (Å²) in [6.07, 6.45) is 0.716. The number of benzene rings is 1. The fourth-order valence-electron chi connectivity index (χ4n) is 1.36. The number of hydrogen-bond donors (Lipinski definition) is 0. The van der Waals surface area contributed by atoms with E-state index in [4.69, 9.17) is 16.0 Å². The molecular formula is C10H7ClO2. The lowest BCUT2D eigenvalue weighted by Crippen LogP contribution is -1.77. The van der Waals surface area contributed by atoms with Gasteiger partial charge in [-0.25, -0.2) is 0 Å². The molecule has 2 rings (SSSR count). The third-order valence-electron chi connectivity index (χ3n) is 2.02. The molecule has 2 nitrogen and oxygen atoms in total. The van der Waals surface area contributed by atoms with Gasteiger partial charge >= 0.3 is 0 Å². The summed E-state index contributed by atoms with van der Waals surface area (Å²) in [4.78, 5) is 10.7. The van der Waals surface area contributed by atoms with Crippen molar-refractivity contribution in [1.29, 1.82) is 0 Å². The van der Waals surface area contributed by atoms with Gasteiger partial charge in [0.15, 0.2) is 6.29 Å². The van der Waals surface area contributed by atoms with E-state index >= 15 is 0 Å². The summed E-state index contributed by atoms with van der Waals surface area (Å²) in [6.45, 7) is 1.91. The van der Waals surface area contributed by atoms with Gasteiger partial charge in [-0.1, -0.05) is 18.2 Å². The minimum absolute atomic E-state index is 0.166. The molecule has 13 heavy (non-hydrogen) atoms. The van der Waals surface area contributed by atoms with Crippen LogP contribution in [0.5, 0.6) is 0 Å². The number of furan rings is 1. The van der Waals surface area contributed by atoms with E-state index in [2.05, 4.69) is 0 Å². The third kappa shape index (κ3) is 1.14. The molecule has 0 spiro atoms. The molecule has 0 N–H and O–H groups in total. The first-order valence-corrected chi connectivity index (χ1v) is 4.24. The van der Waals surface area contributed by atoms with Crippen molar-refractivity contribution in [2.75, 3.05) is 0 Å². The first-order chi connectivity index (χ1) is 6.24. The van der Waals surface area contributed by atoms with Crippen molar-refractivity contribution in [2.45, 2.75) is 6.92 Å². The molecule has 0 amide bonds. The first kappa shape index (κ1) is 8.32. The molecule has 0 aliphatic carbocycles. The third-order valence-corrected chi connectivity index (χ3v) is 2.30. The van der Waals surface area contributed by atoms with E-state index in [1.807, 2.05) is 25.1 Å². The summed E-state index contributed by atoms with van der Waals surface area (Å²) in [7, 11) is 0. The smallest absolute Gasteiger partial charge is 0.205 e. The van der Waals surface area contributed by atoms with Crippen LogP contribution >= 0.6 is 11.6 Å². The quantitative estimate of drug-likeness (QED) is 0.653. The number of fused-ring (bicyclic) bond motifs is 1. The van der Waals surface area contributed by atoms with Crippen molar-refractivity contribution in [3.8, 4) is 0 Å². The van der Waals surface area contributed by atoms with Gasteiger partial charge in [-0.15, -0.1) is 0 Å². The van der Waals surface area contributed by atoms with E-state index in [9.17, 15) is 4.79 Å². The highest BCUT2D eigenvalue weighted by Gasteiger charge is 2.12. The highest BCUT2D eigenvalue weighted by atomic mass is 35.5. The second kappa shape index (κ2) is 2.89. The van der Waals surface area contributed by atoms with Gasteiger partial charge < -0.3 is 4.42 Å². The van der Waals surface area contributed by atoms with Gasteiger partial charge in [0, 0.05) is 5.39 Å². The first-order valence-electron chi connectivity index (χ1n) is 3.87. The Balaban J connectivity index is 2.93. The van der Waals surface area contributed by atoms with Gasteiger partial charge in [0.2, 0.25) is 5.22 Å². The molecular weight excluding hydrogens is 188 g/mol. The average molecular weight is 195 g/mol. The highest BCUT2D eigenvalue weighted by molar-refractivity contribution is 6.33. The zero-order valence-electron chi connectivity index (χ0n) is 7.00. The number of rotatable bonds is 1. The second-order valence-electron chi connectivity index (χ2n) is 2.86. The lowest BCUT2D eigenvalue weighted by molar-refractivity contribution is 0.112. The summed E-state index contributed by atoms with van der Waals surface area (Å²) in [5, 5.41) is 0.944. The van der Waals surface area contributed by atoms with Crippen molar-refractivity contribution in [2.24, 2.45) is 0 Å². The van der Waals surface area contributed by atoms with Gasteiger partial charge in [0.05, 0.1) is 5.56 Å². The van der Waals surface area contributed by atoms with Gasteiger partial charge in [0.1, 0.15) is 5.58 Å². The fourth-order valence-corrected chi connectivity index (χ4v) is 1.58. The molecule has 0 fully saturated rings. The van der Waals surface area contributed by atoms with E-state index in [-0.39, 0.29) is 5.22 Å². The SMILES string of the molecule is Cc1cccc2c(C=O)c(Cl)oc12. The van der Waals surface area contributed by atoms with E-state index in [1.54, 1.807) is 0 Å². The molecule has 0 aliphatic rings. The number of halogens is 1. The molecule has 66 valence electrons. The van der Waals surface area contributed by atoms with Crippen LogP contribution in [0.4, 0.5) is 0 Å². The number of aldehydes is 1. The normalized spacial score (nSPS) is 10.6. The molecule has 0 atom stereocenters. The molecule has 1 aromatic carbocycles. The van der Waals surface area contributed by atoms with Crippen molar-refractivity contribution in [3.63, 3.8) is 0 Å². The van der Waals surface area contributed by atoms with Gasteiger partial charge in [-0.2, -0.15) is 0 Å². The minimum Gasteiger partial charge on any atom is -0.444 e. The van der Waals surface area contributed by atoms with E-state index in [0.29, 0.717) is 17.4 Å². The van der Waals surface area contributed by atoms with Gasteiger partial charge in [0.25, 0.3) is 0 Å². The van der Waals surface area contributed by atoms with Crippen LogP contribution in [-0.4, -0.2) is 6.29 Å². The van der Waals surface area contributed by atoms with Crippen LogP contribution in [0.3, 0.4) is 0 Å². The Labute approximate surface area is 80.1 Å². The standard InChI is InChI=1S/C10H7ClO2/c1-6-3-2-4-7-8(5-12)10(11)13-9(6)7/h2-5H,1H3. The predicted molar refractivity (Wildman–Crippen MR) is 51.3 cm³/mol. The topological polar surface area (TPSA) is 30.2 Å². The predicted octanol–water partition coefficient (Wildman–Crippen LogP) is 3.21. The summed E-state index contributed by atoms with van der Waals surface area (Å²) in [6, 6.07) is 5.61. The number of para-hydroxylation sites is 1. The Morgan fingerprint density at radius 3 is 2.92 bits per heavy atom. The number of hydrogen-bond acceptors (Lipinski definition) is 2. The van der Waals surface area contributed by atoms with Gasteiger partial charge in [-0.05, 0) is 24.1 Å². The Bertz CT molecular complexity index is 471. The second-order valence-corrected chi connectivity index (χ2v) is 3.20. The molecule has 0 saturated carbocycles. The Kier molecular flexibility index (Phi) is 1.85. The maximum Gasteiger partial charge on any atom is 0.205 e. The van der Waals surface area contributed by atoms with Crippen molar-refractivity contribution in [3.05, 3.63) is 34.5 Å². The van der Waals surface area contributed by atoms with Crippen molar-refractivity contribution < 1.29 is 9.21 Å². The Morgan fingerprint density at radius 1 is 1.46 bits per heavy atom. The maximum absolute atomic E-state index is 10.7. The number of aryl methyl sites for hydroxylation is 1. The van der Waals surface area contributed by atoms with E-state index < -0.39 is 0 Å². The molecule has 2 aromatic rings. The van der Waals surface area contributed by atoms with Crippen LogP contribution < -0.4 is 0 Å². The molecule has 1 aromatic heterocycles. The van der Waals surface area contributed by atoms with Gasteiger partial charge in [-0.3, -0.25) is 4.79 Å². The molecule has 0 bridgehead atoms. The lowest BCUT2D eigenvalue weighted by atomic mass is 10.1. The lowest BCUT2D eigenvalue weighted by Gasteiger charge is -1.91. The molecule has 3 heteroatoms. The minimum atomic E-state index is 0.166. The summed E-state index contributed by atoms with van der Waals surface area (Å²) in [5.41, 5.74) is 2.10. The Morgan fingerprint density at radius 2 is 2.23 bits per heavy atom. The number of carbonyl (C=O) groups is 1. The highest BCUT2D eigenvalue weighted by Crippen LogP contribution is 2.29. The molecule has 0 aliphatic heterocycles. The van der Waals surface area contributed by atoms with Crippen LogP contribution in [0.15, 0.2) is 22.6 Å². The zero-order chi connectivity index (χ0) is 9.42. The summed E-state index contributed by atoms with van der Waals surface area (Å²) < 4.78 is 5.25. The fraction of sp³-hybridized carbons (Fsp3) is 0.100. The number of carbonyl (C=O) groups excluding carboxylic acids is 1. The largest absolute Gasteiger partial charge is 0.444 e. The van der Waals surface area contributed by atoms with Crippen LogP contribution in [-0.2, 0) is 0 Å². The average Bonchev–Trinajstić information content (AvgIpc) is 2.43. The zero-order valence-corrected chi connectivity index (χ0v) is 7.76. The summed E-state index contributed by atoms with van der Waals surface area (Å²) in [5.74, 6) is 0. The van der Waals surface area contributed by atoms with Crippen LogP contribution in [0.2, 0.25) is 5.22 Å². The van der Waals surface area contributed by atoms with Crippen molar-refractivity contribution in [1.82, 2.24) is 0 Å². The molecule has 1 heterocycles. The van der Waals surface area contributed by atoms with Crippen LogP contribution in [0, 0.1) is 6.92 Å². The summed E-state index contributed by atoms with van der Waals surface area (Å²) >= 11 is 5.74.